The Morgan fingerprint density at radius 3 is 2.59 bits per heavy atom. The number of thiophene rings is 1. The van der Waals surface area contributed by atoms with Crippen molar-refractivity contribution in [2.45, 2.75) is 26.1 Å². The van der Waals surface area contributed by atoms with Gasteiger partial charge in [-0.2, -0.15) is 0 Å². The summed E-state index contributed by atoms with van der Waals surface area (Å²) in [4.78, 5) is 9.01. The highest BCUT2D eigenvalue weighted by Crippen LogP contribution is 2.36. The maximum Gasteiger partial charge on any atom is 0.0705 e. The Morgan fingerprint density at radius 2 is 1.76 bits per heavy atom. The van der Waals surface area contributed by atoms with Gasteiger partial charge in [0.2, 0.25) is 0 Å². The summed E-state index contributed by atoms with van der Waals surface area (Å²) in [5.41, 5.74) is 3.72. The first-order valence-electron chi connectivity index (χ1n) is 11.1. The van der Waals surface area contributed by atoms with Crippen molar-refractivity contribution >= 4 is 31.5 Å². The van der Waals surface area contributed by atoms with Gasteiger partial charge in [0.05, 0.1) is 10.4 Å². The van der Waals surface area contributed by atoms with Gasteiger partial charge in [-0.05, 0) is 47.4 Å². The number of hydrogen-bond acceptors (Lipinski definition) is 3. The second-order valence-corrected chi connectivity index (χ2v) is 8.38. The van der Waals surface area contributed by atoms with Crippen molar-refractivity contribution < 1.29 is 4.11 Å². The van der Waals surface area contributed by atoms with Crippen molar-refractivity contribution in [1.29, 1.82) is 0 Å². The number of benzene rings is 2. The molecule has 0 aliphatic heterocycles. The molecule has 0 radical (unpaired) electrons. The van der Waals surface area contributed by atoms with Crippen LogP contribution in [0.2, 0.25) is 0 Å². The quantitative estimate of drug-likeness (QED) is 0.320. The lowest BCUT2D eigenvalue weighted by Crippen LogP contribution is -1.91. The molecule has 0 aliphatic carbocycles. The van der Waals surface area contributed by atoms with Crippen LogP contribution in [-0.2, 0) is 6.37 Å². The molecule has 3 heteroatoms. The van der Waals surface area contributed by atoms with E-state index in [1.54, 1.807) is 35.9 Å². The predicted molar refractivity (Wildman–Crippen MR) is 124 cm³/mol. The number of fused-ring (bicyclic) bond motifs is 3. The highest BCUT2D eigenvalue weighted by molar-refractivity contribution is 7.25. The smallest absolute Gasteiger partial charge is 0.0705 e. The lowest BCUT2D eigenvalue weighted by molar-refractivity contribution is 0.864. The minimum atomic E-state index is -1.68. The molecule has 142 valence electrons. The fraction of sp³-hybridized carbons (Fsp3) is 0.154. The molecule has 0 unspecified atom stereocenters. The summed E-state index contributed by atoms with van der Waals surface area (Å²) in [5, 5.41) is 2.06. The second-order valence-electron chi connectivity index (χ2n) is 7.30. The molecule has 3 aromatic heterocycles. The van der Waals surface area contributed by atoms with Crippen LogP contribution in [0.5, 0.6) is 0 Å². The Balaban J connectivity index is 1.65. The third-order valence-electron chi connectivity index (χ3n) is 5.04. The molecule has 2 aromatic carbocycles. The first kappa shape index (κ1) is 14.9. The van der Waals surface area contributed by atoms with Crippen LogP contribution >= 0.6 is 11.3 Å². The van der Waals surface area contributed by atoms with E-state index in [4.69, 9.17) is 4.11 Å². The molecule has 29 heavy (non-hydrogen) atoms. The van der Waals surface area contributed by atoms with E-state index in [1.165, 1.54) is 0 Å². The molecule has 0 saturated heterocycles. The van der Waals surface area contributed by atoms with E-state index in [0.717, 1.165) is 37.0 Å². The molecular weight excluding hydrogens is 372 g/mol. The molecule has 0 atom stereocenters. The van der Waals surface area contributed by atoms with Gasteiger partial charge in [-0.3, -0.25) is 9.97 Å². The Bertz CT molecular complexity index is 1440. The highest BCUT2D eigenvalue weighted by Gasteiger charge is 2.10. The minimum absolute atomic E-state index is 0.400. The van der Waals surface area contributed by atoms with Gasteiger partial charge in [0.15, 0.2) is 0 Å². The third-order valence-corrected chi connectivity index (χ3v) is 6.16. The van der Waals surface area contributed by atoms with Gasteiger partial charge < -0.3 is 0 Å². The summed E-state index contributed by atoms with van der Waals surface area (Å²) in [6, 6.07) is 21.1. The van der Waals surface area contributed by atoms with Crippen molar-refractivity contribution in [2.24, 2.45) is 0 Å². The average Bonchev–Trinajstić information content (AvgIpc) is 3.16. The zero-order valence-electron chi connectivity index (χ0n) is 19.3. The van der Waals surface area contributed by atoms with E-state index >= 15 is 0 Å². The molecule has 0 fully saturated rings. The van der Waals surface area contributed by atoms with Gasteiger partial charge in [0.25, 0.3) is 0 Å². The Morgan fingerprint density at radius 1 is 0.931 bits per heavy atom. The molecule has 0 amide bonds. The zero-order valence-corrected chi connectivity index (χ0v) is 17.1. The lowest BCUT2D eigenvalue weighted by atomic mass is 10.0. The molecule has 0 spiro atoms. The van der Waals surface area contributed by atoms with Crippen LogP contribution in [0, 0.1) is 0 Å². The molecule has 5 rings (SSSR count). The summed E-state index contributed by atoms with van der Waals surface area (Å²) in [7, 11) is 0. The molecule has 0 aliphatic rings. The number of rotatable bonds is 4. The first-order valence-corrected chi connectivity index (χ1v) is 10.4. The monoisotopic (exact) mass is 397 g/mol. The highest BCUT2D eigenvalue weighted by atomic mass is 32.1. The van der Waals surface area contributed by atoms with E-state index in [2.05, 4.69) is 28.2 Å². The number of hydrogen-bond donors (Lipinski definition) is 0. The van der Waals surface area contributed by atoms with Gasteiger partial charge >= 0.3 is 0 Å². The van der Waals surface area contributed by atoms with E-state index in [-0.39, 0.29) is 0 Å². The standard InChI is InChI=1S/C26H22N2S/c1-17(2)19-10-11-27-24(14-19)20-8-9-25-22(13-20)23-15-21(28-16-26(23)29-25)12-18-6-4-3-5-7-18/h3-11,13-17H,12H2,1-2H3/i12D2,17D. The van der Waals surface area contributed by atoms with Gasteiger partial charge in [0, 0.05) is 49.6 Å². The predicted octanol–water partition coefficient (Wildman–Crippen LogP) is 7.23. The SMILES string of the molecule is [2H]C(C)(C)c1ccnc(-c2ccc3sc4cnc(C([2H])([2H])c5ccccc5)cc4c3c2)c1. The summed E-state index contributed by atoms with van der Waals surface area (Å²) in [6.45, 7) is 3.74. The molecular formula is C26H22N2S. The summed E-state index contributed by atoms with van der Waals surface area (Å²) in [5.74, 6) is -0.694. The summed E-state index contributed by atoms with van der Waals surface area (Å²) < 4.78 is 27.8. The fourth-order valence-electron chi connectivity index (χ4n) is 3.48. The van der Waals surface area contributed by atoms with Crippen LogP contribution in [0.15, 0.2) is 79.1 Å². The molecule has 0 saturated carbocycles. The maximum absolute atomic E-state index is 8.68. The molecule has 2 nitrogen and oxygen atoms in total. The fourth-order valence-corrected chi connectivity index (χ4v) is 4.52. The van der Waals surface area contributed by atoms with Crippen LogP contribution in [0.4, 0.5) is 0 Å². The van der Waals surface area contributed by atoms with Crippen LogP contribution < -0.4 is 0 Å². The molecule has 3 heterocycles. The third kappa shape index (κ3) is 3.54. The topological polar surface area (TPSA) is 25.8 Å². The number of nitrogens with zero attached hydrogens (tertiary/aromatic N) is 2. The van der Waals surface area contributed by atoms with Gasteiger partial charge in [-0.25, -0.2) is 0 Å². The second kappa shape index (κ2) is 7.41. The normalized spacial score (nSPS) is 13.9. The van der Waals surface area contributed by atoms with Gasteiger partial charge in [0.1, 0.15) is 0 Å². The Hall–Kier alpha value is -3.04. The van der Waals surface area contributed by atoms with E-state index in [1.807, 2.05) is 50.2 Å². The van der Waals surface area contributed by atoms with Gasteiger partial charge in [-0.1, -0.05) is 50.2 Å². The van der Waals surface area contributed by atoms with Crippen molar-refractivity contribution in [2.75, 3.05) is 0 Å². The van der Waals surface area contributed by atoms with Crippen molar-refractivity contribution in [1.82, 2.24) is 9.97 Å². The minimum Gasteiger partial charge on any atom is -0.259 e. The van der Waals surface area contributed by atoms with Crippen LogP contribution in [0.1, 0.15) is 40.7 Å². The first-order chi connectivity index (χ1) is 15.2. The molecule has 0 bridgehead atoms. The van der Waals surface area contributed by atoms with Gasteiger partial charge in [-0.15, -0.1) is 11.3 Å². The van der Waals surface area contributed by atoms with Crippen LogP contribution in [0.25, 0.3) is 31.4 Å². The summed E-state index contributed by atoms with van der Waals surface area (Å²) >= 11 is 1.65. The molecule has 5 aromatic rings. The van der Waals surface area contributed by atoms with Crippen LogP contribution in [-0.4, -0.2) is 9.97 Å². The Kier molecular flexibility index (Phi) is 3.81. The Labute approximate surface area is 179 Å². The number of pyridine rings is 2. The largest absolute Gasteiger partial charge is 0.259 e. The average molecular weight is 398 g/mol. The van der Waals surface area contributed by atoms with Crippen molar-refractivity contribution in [3.8, 4) is 11.3 Å². The van der Waals surface area contributed by atoms with Crippen molar-refractivity contribution in [3.05, 3.63) is 95.9 Å². The van der Waals surface area contributed by atoms with E-state index in [9.17, 15) is 0 Å². The van der Waals surface area contributed by atoms with Crippen LogP contribution in [0.3, 0.4) is 0 Å². The number of aromatic nitrogens is 2. The summed E-state index contributed by atoms with van der Waals surface area (Å²) in [6.07, 6.45) is 1.85. The van der Waals surface area contributed by atoms with E-state index in [0.29, 0.717) is 11.3 Å². The molecule has 0 N–H and O–H groups in total. The maximum atomic E-state index is 8.68. The van der Waals surface area contributed by atoms with Crippen molar-refractivity contribution in [3.63, 3.8) is 0 Å². The van der Waals surface area contributed by atoms with E-state index < -0.39 is 12.3 Å². The lowest BCUT2D eigenvalue weighted by Gasteiger charge is -2.08. The zero-order chi connectivity index (χ0) is 22.5.